The van der Waals surface area contributed by atoms with E-state index in [0.717, 1.165) is 44.3 Å². The Kier molecular flexibility index (Phi) is 21.2. The monoisotopic (exact) mass is 1710 g/mol. The van der Waals surface area contributed by atoms with Crippen LogP contribution in [0.1, 0.15) is 52.8 Å². The van der Waals surface area contributed by atoms with Crippen LogP contribution in [-0.2, 0) is 5.41 Å². The second-order valence-electron chi connectivity index (χ2n) is 35.0. The number of aromatic nitrogens is 11. The van der Waals surface area contributed by atoms with E-state index in [9.17, 15) is 0 Å². The van der Waals surface area contributed by atoms with Gasteiger partial charge in [0.2, 0.25) is 11.9 Å². The summed E-state index contributed by atoms with van der Waals surface area (Å²) in [6.45, 7) is 15.4. The van der Waals surface area contributed by atoms with E-state index in [1.807, 2.05) is 121 Å². The highest BCUT2D eigenvalue weighted by molar-refractivity contribution is 6.15. The Morgan fingerprint density at radius 2 is 0.466 bits per heavy atom. The largest absolute Gasteiger partial charge is 0.309 e. The van der Waals surface area contributed by atoms with Crippen LogP contribution in [-0.4, -0.2) is 52.7 Å². The molecular formula is C122H93N11. The van der Waals surface area contributed by atoms with Gasteiger partial charge in [0.1, 0.15) is 0 Å². The summed E-state index contributed by atoms with van der Waals surface area (Å²) in [5.41, 5.74) is 31.3. The molecule has 26 rings (SSSR count). The van der Waals surface area contributed by atoms with Crippen molar-refractivity contribution in [2.45, 2.75) is 53.9 Å². The van der Waals surface area contributed by atoms with Gasteiger partial charge in [-0.1, -0.05) is 358 Å². The normalized spacial score (nSPS) is 11.9. The van der Waals surface area contributed by atoms with E-state index in [4.69, 9.17) is 29.9 Å². The first kappa shape index (κ1) is 81.7. The van der Waals surface area contributed by atoms with Crippen LogP contribution in [0.25, 0.3) is 195 Å². The average molecular weight is 1710 g/mol. The maximum atomic E-state index is 4.94. The van der Waals surface area contributed by atoms with E-state index in [2.05, 4.69) is 387 Å². The van der Waals surface area contributed by atoms with Gasteiger partial charge in [-0.2, -0.15) is 19.9 Å². The average Bonchev–Trinajstić information content (AvgIpc) is 1.55. The maximum Gasteiger partial charge on any atom is 0.238 e. The quantitative estimate of drug-likeness (QED) is 0.143. The zero-order valence-electron chi connectivity index (χ0n) is 75.0. The third-order valence-corrected chi connectivity index (χ3v) is 25.8. The van der Waals surface area contributed by atoms with Crippen molar-refractivity contribution in [2.75, 3.05) is 0 Å². The first-order valence-corrected chi connectivity index (χ1v) is 45.4. The Morgan fingerprint density at radius 1 is 0.180 bits per heavy atom. The molecule has 0 atom stereocenters. The lowest BCUT2D eigenvalue weighted by molar-refractivity contribution is 0.630. The molecule has 1 aliphatic heterocycles. The van der Waals surface area contributed by atoms with Crippen molar-refractivity contribution in [1.82, 2.24) is 52.7 Å². The molecule has 0 aliphatic carbocycles. The minimum atomic E-state index is 0.0233. The second-order valence-corrected chi connectivity index (χ2v) is 35.0. The minimum Gasteiger partial charge on any atom is -0.309 e. The van der Waals surface area contributed by atoms with E-state index < -0.39 is 0 Å². The number of benzene rings is 18. The summed E-state index contributed by atoms with van der Waals surface area (Å²) in [4.78, 5) is 29.4. The van der Waals surface area contributed by atoms with Crippen LogP contribution in [0.4, 0.5) is 0 Å². The van der Waals surface area contributed by atoms with Gasteiger partial charge < -0.3 is 13.7 Å². The third kappa shape index (κ3) is 15.2. The predicted octanol–water partition coefficient (Wildman–Crippen LogP) is 30.8. The van der Waals surface area contributed by atoms with Crippen molar-refractivity contribution >= 4 is 109 Å². The Hall–Kier alpha value is -17.0. The summed E-state index contributed by atoms with van der Waals surface area (Å²) in [6, 6.07) is 153. The molecule has 25 aromatic rings. The molecule has 0 radical (unpaired) electrons. The number of para-hydroxylation sites is 7. The zero-order valence-corrected chi connectivity index (χ0v) is 75.0. The third-order valence-electron chi connectivity index (χ3n) is 25.8. The highest BCUT2D eigenvalue weighted by atomic mass is 15.2. The molecule has 11 nitrogen and oxygen atoms in total. The second kappa shape index (κ2) is 34.5. The lowest BCUT2D eigenvalue weighted by Crippen LogP contribution is -2.26. The molecule has 0 fully saturated rings. The van der Waals surface area contributed by atoms with Crippen molar-refractivity contribution < 1.29 is 0 Å². The van der Waals surface area contributed by atoms with Gasteiger partial charge in [-0.15, -0.1) is 0 Å². The predicted molar refractivity (Wildman–Crippen MR) is 554 cm³/mol. The van der Waals surface area contributed by atoms with Gasteiger partial charge in [0.25, 0.3) is 0 Å². The highest BCUT2D eigenvalue weighted by Gasteiger charge is 2.35. The van der Waals surface area contributed by atoms with Gasteiger partial charge >= 0.3 is 0 Å². The molecular weight excluding hydrogens is 1620 g/mol. The summed E-state index contributed by atoms with van der Waals surface area (Å²) in [5, 5.41) is 12.7. The van der Waals surface area contributed by atoms with Crippen LogP contribution in [0.3, 0.4) is 0 Å². The molecule has 0 saturated heterocycles. The molecule has 8 heterocycles. The maximum absolute atomic E-state index is 4.94. The smallest absolute Gasteiger partial charge is 0.238 e. The molecule has 18 aromatic carbocycles. The Balaban J connectivity index is 0.0000000979. The van der Waals surface area contributed by atoms with Crippen LogP contribution >= 0.6 is 0 Å². The van der Waals surface area contributed by atoms with Gasteiger partial charge in [-0.3, -0.25) is 9.13 Å². The summed E-state index contributed by atoms with van der Waals surface area (Å²) in [5.74, 6) is 3.88. The SMILES string of the molecule is Cc1ccc2c(c1)c1cc(-c3ccccc3)ccc1n2-c1ccccc1.Cc1ccc2c(c1)c1cccc3c1n2-c1ccccc1C3(C)C.Cc1ccc2c(c1)c1ccccc1n2-c1ccccc1.Cc1ccc2c(c1)c1ccccc1n2-c1nc(-c2ccccc2)nc(-c2ccccc2)n1.Cc1ccc2c3ccccc3n(-c3nc(-c4ccccc4)nc(-c4ccccc4)n3)c2c1. The number of hydrogen-bond acceptors (Lipinski definition) is 6. The Morgan fingerprint density at radius 3 is 0.910 bits per heavy atom. The van der Waals surface area contributed by atoms with Gasteiger partial charge in [0, 0.05) is 92.9 Å². The summed E-state index contributed by atoms with van der Waals surface area (Å²) in [7, 11) is 0. The fraction of sp³-hybridized carbons (Fsp3) is 0.0656. The molecule has 0 spiro atoms. The van der Waals surface area contributed by atoms with Crippen molar-refractivity contribution in [3.8, 4) is 85.6 Å². The number of nitrogens with zero attached hydrogens (tertiary/aromatic N) is 11. The molecule has 636 valence electrons. The van der Waals surface area contributed by atoms with Gasteiger partial charge in [0.15, 0.2) is 23.3 Å². The van der Waals surface area contributed by atoms with Crippen molar-refractivity contribution in [2.24, 2.45) is 0 Å². The molecule has 133 heavy (non-hydrogen) atoms. The van der Waals surface area contributed by atoms with E-state index in [0.29, 0.717) is 35.2 Å². The minimum absolute atomic E-state index is 0.0233. The fourth-order valence-corrected chi connectivity index (χ4v) is 19.4. The van der Waals surface area contributed by atoms with Crippen LogP contribution in [0.2, 0.25) is 0 Å². The fourth-order valence-electron chi connectivity index (χ4n) is 19.4. The number of fused-ring (bicyclic) bond motifs is 17. The molecule has 0 unspecified atom stereocenters. The van der Waals surface area contributed by atoms with Crippen LogP contribution < -0.4 is 0 Å². The summed E-state index contributed by atoms with van der Waals surface area (Å²) in [6.07, 6.45) is 0. The van der Waals surface area contributed by atoms with Crippen LogP contribution in [0.5, 0.6) is 0 Å². The van der Waals surface area contributed by atoms with Crippen molar-refractivity contribution in [3.63, 3.8) is 0 Å². The van der Waals surface area contributed by atoms with Crippen LogP contribution in [0.15, 0.2) is 437 Å². The topological polar surface area (TPSA) is 102 Å². The lowest BCUT2D eigenvalue weighted by Gasteiger charge is -2.34. The molecule has 7 aromatic heterocycles. The zero-order chi connectivity index (χ0) is 89.8. The van der Waals surface area contributed by atoms with Gasteiger partial charge in [-0.05, 0) is 178 Å². The van der Waals surface area contributed by atoms with Crippen LogP contribution in [0, 0.1) is 34.6 Å². The van der Waals surface area contributed by atoms with Crippen molar-refractivity contribution in [1.29, 1.82) is 0 Å². The molecule has 11 heteroatoms. The summed E-state index contributed by atoms with van der Waals surface area (Å²) < 4.78 is 11.5. The van der Waals surface area contributed by atoms with E-state index in [1.165, 1.54) is 154 Å². The number of aryl methyl sites for hydroxylation is 5. The summed E-state index contributed by atoms with van der Waals surface area (Å²) >= 11 is 0. The first-order valence-electron chi connectivity index (χ1n) is 45.4. The first-order chi connectivity index (χ1) is 65.3. The standard InChI is InChI=1S/2C28H20N4.C25H19N.C22H19N.C19H15N/c1-19-16-17-25-23(18-19)22-14-8-9-15-24(22)32(25)28-30-26(20-10-4-2-5-11-20)29-27(31-28)21-12-6-3-7-13-21;1-19-16-17-23-22-14-8-9-15-24(22)32(25(23)18-19)28-30-26(20-10-4-2-5-11-20)29-27(31-28)21-12-6-3-7-13-21;1-18-12-14-24-22(16-18)23-17-20(19-8-4-2-5-9-19)13-15-25(23)26(24)21-10-6-3-7-11-21;1-14-11-12-19-16(13-14)15-7-6-9-18-21(15)23(19)20-10-5-4-8-17(20)22(18,2)3;1-14-11-12-19-17(13-14)16-9-5-6-10-18(16)20(19)15-7-3-2-4-8-15/h2*2-18H,1H3;2-17H,1H3;4-13H,1-3H3;2-13H,1H3. The highest BCUT2D eigenvalue weighted by Crippen LogP contribution is 2.48. The molecule has 0 saturated carbocycles. The molecule has 0 amide bonds. The lowest BCUT2D eigenvalue weighted by atomic mass is 9.75. The van der Waals surface area contributed by atoms with Crippen molar-refractivity contribution in [3.05, 3.63) is 476 Å². The van der Waals surface area contributed by atoms with Gasteiger partial charge in [0.05, 0.1) is 60.9 Å². The van der Waals surface area contributed by atoms with E-state index in [-0.39, 0.29) is 5.41 Å². The van der Waals surface area contributed by atoms with Gasteiger partial charge in [-0.25, -0.2) is 9.97 Å². The number of rotatable bonds is 9. The molecule has 0 N–H and O–H groups in total. The van der Waals surface area contributed by atoms with E-state index in [1.54, 1.807) is 0 Å². The number of hydrogen-bond donors (Lipinski definition) is 0. The van der Waals surface area contributed by atoms with E-state index >= 15 is 0 Å². The molecule has 0 bridgehead atoms. The Bertz CT molecular complexity index is 8570. The Labute approximate surface area is 771 Å². The molecule has 1 aliphatic rings.